The molecule has 5 nitrogen and oxygen atoms in total. The first-order valence-corrected chi connectivity index (χ1v) is 14.2. The highest BCUT2D eigenvalue weighted by Gasteiger charge is 2.68. The summed E-state index contributed by atoms with van der Waals surface area (Å²) in [4.78, 5) is 47.5. The SMILES string of the molecule is CC(=O)c1ccc(N=CC23c4ccccc4C(c4ccccc42)[C@@H]2C(=O)N(c4cccc5ccccc45)C(=O)[C@H]23)cc1. The number of rotatable bonds is 4. The molecule has 9 rings (SSSR count). The Morgan fingerprint density at radius 2 is 1.36 bits per heavy atom. The van der Waals surface area contributed by atoms with E-state index in [2.05, 4.69) is 24.3 Å². The molecule has 5 aromatic carbocycles. The number of hydrogen-bond acceptors (Lipinski definition) is 4. The second-order valence-corrected chi connectivity index (χ2v) is 11.4. The van der Waals surface area contributed by atoms with Crippen molar-refractivity contribution in [2.45, 2.75) is 18.3 Å². The molecule has 0 aromatic heterocycles. The van der Waals surface area contributed by atoms with Crippen molar-refractivity contribution in [3.8, 4) is 0 Å². The van der Waals surface area contributed by atoms with Gasteiger partial charge < -0.3 is 0 Å². The van der Waals surface area contributed by atoms with Crippen molar-refractivity contribution in [1.82, 2.24) is 0 Å². The van der Waals surface area contributed by atoms with Crippen molar-refractivity contribution < 1.29 is 14.4 Å². The zero-order valence-corrected chi connectivity index (χ0v) is 22.9. The summed E-state index contributed by atoms with van der Waals surface area (Å²) in [6, 6.07) is 37.1. The van der Waals surface area contributed by atoms with E-state index in [4.69, 9.17) is 4.99 Å². The van der Waals surface area contributed by atoms with E-state index in [1.54, 1.807) is 12.1 Å². The van der Waals surface area contributed by atoms with E-state index in [1.807, 2.05) is 85.1 Å². The molecule has 0 radical (unpaired) electrons. The van der Waals surface area contributed by atoms with E-state index in [0.29, 0.717) is 16.9 Å². The van der Waals surface area contributed by atoms with E-state index in [1.165, 1.54) is 11.8 Å². The maximum atomic E-state index is 14.7. The van der Waals surface area contributed by atoms with Crippen molar-refractivity contribution in [2.24, 2.45) is 16.8 Å². The monoisotopic (exact) mass is 546 g/mol. The minimum absolute atomic E-state index is 0.0102. The van der Waals surface area contributed by atoms with Crippen LogP contribution in [0.2, 0.25) is 0 Å². The zero-order valence-electron chi connectivity index (χ0n) is 22.9. The van der Waals surface area contributed by atoms with Crippen LogP contribution in [0.1, 0.15) is 45.5 Å². The van der Waals surface area contributed by atoms with Gasteiger partial charge in [-0.25, -0.2) is 4.90 Å². The highest BCUT2D eigenvalue weighted by atomic mass is 16.2. The molecule has 1 saturated heterocycles. The van der Waals surface area contributed by atoms with Crippen LogP contribution in [-0.4, -0.2) is 23.8 Å². The average Bonchev–Trinajstić information content (AvgIpc) is 3.30. The molecular formula is C37H26N2O3. The summed E-state index contributed by atoms with van der Waals surface area (Å²) < 4.78 is 0. The van der Waals surface area contributed by atoms with Crippen LogP contribution in [-0.2, 0) is 15.0 Å². The Kier molecular flexibility index (Phi) is 5.23. The fourth-order valence-electron chi connectivity index (χ4n) is 7.65. The first-order valence-electron chi connectivity index (χ1n) is 14.2. The van der Waals surface area contributed by atoms with Gasteiger partial charge in [0.05, 0.1) is 28.6 Å². The Balaban J connectivity index is 1.37. The number of nitrogens with zero attached hydrogens (tertiary/aromatic N) is 2. The van der Waals surface area contributed by atoms with E-state index in [9.17, 15) is 14.4 Å². The van der Waals surface area contributed by atoms with Gasteiger partial charge in [0.2, 0.25) is 11.8 Å². The Morgan fingerprint density at radius 3 is 2.05 bits per heavy atom. The second-order valence-electron chi connectivity index (χ2n) is 11.4. The number of carbonyl (C=O) groups is 3. The lowest BCUT2D eigenvalue weighted by atomic mass is 9.47. The van der Waals surface area contributed by atoms with E-state index in [0.717, 1.165) is 33.0 Å². The minimum Gasteiger partial charge on any atom is -0.295 e. The van der Waals surface area contributed by atoms with Crippen LogP contribution in [0.25, 0.3) is 10.8 Å². The number of ketones is 1. The summed E-state index contributed by atoms with van der Waals surface area (Å²) in [5.41, 5.74) is 5.13. The van der Waals surface area contributed by atoms with Crippen LogP contribution in [0.5, 0.6) is 0 Å². The number of anilines is 1. The minimum atomic E-state index is -0.947. The average molecular weight is 547 g/mol. The third kappa shape index (κ3) is 3.19. The molecule has 1 aliphatic heterocycles. The van der Waals surface area contributed by atoms with Gasteiger partial charge in [-0.3, -0.25) is 19.4 Å². The van der Waals surface area contributed by atoms with Gasteiger partial charge in [0.1, 0.15) is 0 Å². The fourth-order valence-corrected chi connectivity index (χ4v) is 7.65. The highest BCUT2D eigenvalue weighted by Crippen LogP contribution is 2.64. The molecule has 2 atom stereocenters. The van der Waals surface area contributed by atoms with Crippen molar-refractivity contribution in [2.75, 3.05) is 4.90 Å². The summed E-state index contributed by atoms with van der Waals surface area (Å²) in [6.07, 6.45) is 1.89. The number of amides is 2. The molecule has 5 aromatic rings. The summed E-state index contributed by atoms with van der Waals surface area (Å²) in [5, 5.41) is 1.85. The topological polar surface area (TPSA) is 66.8 Å². The maximum Gasteiger partial charge on any atom is 0.239 e. The first-order chi connectivity index (χ1) is 20.5. The molecule has 0 spiro atoms. The number of fused-ring (bicyclic) bond motifs is 1. The van der Waals surface area contributed by atoms with Crippen LogP contribution >= 0.6 is 0 Å². The molecule has 42 heavy (non-hydrogen) atoms. The number of Topliss-reactive ketones (excluding diaryl/α,β-unsaturated/α-hetero) is 1. The standard InChI is InChI=1S/C37H26N2O3/c1-22(40)23-17-19-25(20-18-23)38-21-37-29-14-6-4-12-27(29)32(28-13-5-7-15-30(28)37)33-34(37)36(42)39(35(33)41)31-16-8-10-24-9-2-3-11-26(24)31/h2-21,32-34H,1H3/t32?,33-,34-,37?/m0/s1. The van der Waals surface area contributed by atoms with Gasteiger partial charge in [0.25, 0.3) is 0 Å². The predicted molar refractivity (Wildman–Crippen MR) is 164 cm³/mol. The van der Waals surface area contributed by atoms with Crippen molar-refractivity contribution in [3.05, 3.63) is 143 Å². The van der Waals surface area contributed by atoms with E-state index >= 15 is 0 Å². The van der Waals surface area contributed by atoms with Crippen molar-refractivity contribution >= 4 is 46.0 Å². The van der Waals surface area contributed by atoms with E-state index in [-0.39, 0.29) is 23.5 Å². The number of carbonyl (C=O) groups excluding carboxylic acids is 3. The lowest BCUT2D eigenvalue weighted by molar-refractivity contribution is -0.122. The number of benzene rings is 5. The molecule has 202 valence electrons. The van der Waals surface area contributed by atoms with Crippen LogP contribution in [0.15, 0.2) is 120 Å². The van der Waals surface area contributed by atoms with Gasteiger partial charge in [0.15, 0.2) is 5.78 Å². The van der Waals surface area contributed by atoms with Gasteiger partial charge in [0, 0.05) is 23.1 Å². The zero-order chi connectivity index (χ0) is 28.6. The maximum absolute atomic E-state index is 14.7. The Hall–Kier alpha value is -5.16. The third-order valence-electron chi connectivity index (χ3n) is 9.38. The van der Waals surface area contributed by atoms with Crippen molar-refractivity contribution in [3.63, 3.8) is 0 Å². The van der Waals surface area contributed by atoms with Crippen LogP contribution in [0.3, 0.4) is 0 Å². The molecule has 0 saturated carbocycles. The smallest absolute Gasteiger partial charge is 0.239 e. The molecule has 1 heterocycles. The third-order valence-corrected chi connectivity index (χ3v) is 9.38. The quantitative estimate of drug-likeness (QED) is 0.139. The fraction of sp³-hybridized carbons (Fsp3) is 0.135. The molecule has 5 heteroatoms. The van der Waals surface area contributed by atoms with Crippen LogP contribution < -0.4 is 4.90 Å². The summed E-state index contributed by atoms with van der Waals surface area (Å²) in [5.74, 6) is -1.83. The number of aliphatic imine (C=N–C) groups is 1. The van der Waals surface area contributed by atoms with Crippen LogP contribution in [0.4, 0.5) is 11.4 Å². The number of hydrogen-bond donors (Lipinski definition) is 0. The molecule has 2 bridgehead atoms. The second kappa shape index (κ2) is 8.92. The van der Waals surface area contributed by atoms with Crippen molar-refractivity contribution in [1.29, 1.82) is 0 Å². The molecule has 0 N–H and O–H groups in total. The van der Waals surface area contributed by atoms with Gasteiger partial charge in [-0.1, -0.05) is 84.9 Å². The van der Waals surface area contributed by atoms with Gasteiger partial charge in [-0.05, 0) is 64.9 Å². The van der Waals surface area contributed by atoms with Gasteiger partial charge >= 0.3 is 0 Å². The first kappa shape index (κ1) is 24.6. The lowest BCUT2D eigenvalue weighted by Gasteiger charge is -2.52. The van der Waals surface area contributed by atoms with Crippen LogP contribution in [0, 0.1) is 11.8 Å². The summed E-state index contributed by atoms with van der Waals surface area (Å²) >= 11 is 0. The molecule has 3 aliphatic carbocycles. The van der Waals surface area contributed by atoms with Gasteiger partial charge in [-0.15, -0.1) is 0 Å². The highest BCUT2D eigenvalue weighted by molar-refractivity contribution is 6.27. The summed E-state index contributed by atoms with van der Waals surface area (Å²) in [7, 11) is 0. The van der Waals surface area contributed by atoms with Gasteiger partial charge in [-0.2, -0.15) is 0 Å². The summed E-state index contributed by atoms with van der Waals surface area (Å²) in [6.45, 7) is 1.54. The largest absolute Gasteiger partial charge is 0.295 e. The predicted octanol–water partition coefficient (Wildman–Crippen LogP) is 7.00. The molecular weight excluding hydrogens is 520 g/mol. The Bertz CT molecular complexity index is 1940. The molecule has 2 amide bonds. The molecule has 4 aliphatic rings. The normalized spacial score (nSPS) is 23.7. The Labute approximate surface area is 243 Å². The van der Waals surface area contributed by atoms with E-state index < -0.39 is 17.3 Å². The Morgan fingerprint density at radius 1 is 0.738 bits per heavy atom. The molecule has 1 fully saturated rings. The number of imide groups is 1. The molecule has 0 unspecified atom stereocenters. The lowest BCUT2D eigenvalue weighted by Crippen LogP contribution is -2.54.